The number of imidazole rings is 1. The Bertz CT molecular complexity index is 1470. The average Bonchev–Trinajstić information content (AvgIpc) is 3.30. The highest BCUT2D eigenvalue weighted by Crippen LogP contribution is 2.36. The summed E-state index contributed by atoms with van der Waals surface area (Å²) in [6, 6.07) is 7.17. The zero-order valence-corrected chi connectivity index (χ0v) is 18.7. The Morgan fingerprint density at radius 1 is 1.15 bits per heavy atom. The van der Waals surface area contributed by atoms with Crippen LogP contribution in [0.4, 0.5) is 11.6 Å². The van der Waals surface area contributed by atoms with E-state index in [0.717, 1.165) is 4.57 Å². The minimum absolute atomic E-state index is 0.00317. The summed E-state index contributed by atoms with van der Waals surface area (Å²) in [4.78, 5) is 32.4. The SMILES string of the molecule is CC(C)OC[C@@H](O)Cn1c(N=Nc2c(O)[nH]c3ccccc23)nc2c1c(=O)n(C)c(=O)n2C. The molecule has 3 aromatic heterocycles. The van der Waals surface area contributed by atoms with E-state index in [4.69, 9.17) is 4.74 Å². The molecule has 0 bridgehead atoms. The third kappa shape index (κ3) is 4.05. The molecular formula is C21H25N7O5. The lowest BCUT2D eigenvalue weighted by atomic mass is 10.2. The van der Waals surface area contributed by atoms with Gasteiger partial charge in [0.05, 0.1) is 30.9 Å². The number of aromatic nitrogens is 5. The van der Waals surface area contributed by atoms with Crippen molar-refractivity contribution in [1.29, 1.82) is 0 Å². The Balaban J connectivity index is 1.86. The molecule has 0 amide bonds. The third-order valence-corrected chi connectivity index (χ3v) is 5.24. The van der Waals surface area contributed by atoms with Crippen LogP contribution in [-0.2, 0) is 25.4 Å². The fourth-order valence-electron chi connectivity index (χ4n) is 3.56. The number of hydrogen-bond donors (Lipinski definition) is 3. The largest absolute Gasteiger partial charge is 0.493 e. The van der Waals surface area contributed by atoms with Crippen molar-refractivity contribution in [3.63, 3.8) is 0 Å². The van der Waals surface area contributed by atoms with Crippen LogP contribution in [0.2, 0.25) is 0 Å². The first-order chi connectivity index (χ1) is 15.7. The Kier molecular flexibility index (Phi) is 5.87. The van der Waals surface area contributed by atoms with Crippen molar-refractivity contribution in [3.05, 3.63) is 45.1 Å². The molecule has 0 aliphatic carbocycles. The Hall–Kier alpha value is -3.77. The lowest BCUT2D eigenvalue weighted by Crippen LogP contribution is -2.38. The van der Waals surface area contributed by atoms with Gasteiger partial charge in [0.25, 0.3) is 11.5 Å². The zero-order chi connectivity index (χ0) is 23.9. The van der Waals surface area contributed by atoms with Crippen LogP contribution in [0.1, 0.15) is 13.8 Å². The molecule has 1 atom stereocenters. The number of nitrogens with zero attached hydrogens (tertiary/aromatic N) is 6. The fraction of sp³-hybridized carbons (Fsp3) is 0.381. The quantitative estimate of drug-likeness (QED) is 0.362. The predicted molar refractivity (Wildman–Crippen MR) is 121 cm³/mol. The summed E-state index contributed by atoms with van der Waals surface area (Å²) in [6.45, 7) is 3.66. The second-order valence-corrected chi connectivity index (χ2v) is 8.00. The molecule has 12 nitrogen and oxygen atoms in total. The maximum atomic E-state index is 12.9. The van der Waals surface area contributed by atoms with Gasteiger partial charge < -0.3 is 19.9 Å². The van der Waals surface area contributed by atoms with Crippen molar-refractivity contribution in [2.75, 3.05) is 6.61 Å². The van der Waals surface area contributed by atoms with Crippen molar-refractivity contribution in [2.45, 2.75) is 32.6 Å². The predicted octanol–water partition coefficient (Wildman–Crippen LogP) is 1.82. The molecule has 0 saturated heterocycles. The number of fused-ring (bicyclic) bond motifs is 2. The van der Waals surface area contributed by atoms with E-state index in [1.807, 2.05) is 19.9 Å². The maximum Gasteiger partial charge on any atom is 0.332 e. The van der Waals surface area contributed by atoms with Gasteiger partial charge in [0, 0.05) is 19.5 Å². The average molecular weight is 455 g/mol. The number of H-pyrrole nitrogens is 1. The molecule has 3 heterocycles. The Morgan fingerprint density at radius 2 is 1.88 bits per heavy atom. The monoisotopic (exact) mass is 455 g/mol. The van der Waals surface area contributed by atoms with Crippen LogP contribution in [-0.4, -0.2) is 52.7 Å². The second-order valence-electron chi connectivity index (χ2n) is 8.00. The topological polar surface area (TPSA) is 152 Å². The van der Waals surface area contributed by atoms with Gasteiger partial charge in [-0.2, -0.15) is 4.98 Å². The summed E-state index contributed by atoms with van der Waals surface area (Å²) < 4.78 is 9.06. The summed E-state index contributed by atoms with van der Waals surface area (Å²) in [5.74, 6) is -0.173. The standard InChI is InChI=1S/C21H25N7O5/c1-11(2)33-10-12(29)9-28-16-17(26(3)21(32)27(4)19(16)31)23-20(28)25-24-15-13-7-5-6-8-14(13)22-18(15)30/h5-8,11-12,22,29-30H,9-10H2,1-4H3/t12-/m0/s1. The Morgan fingerprint density at radius 3 is 2.61 bits per heavy atom. The number of benzene rings is 1. The van der Waals surface area contributed by atoms with E-state index >= 15 is 0 Å². The number of aryl methyl sites for hydroxylation is 1. The molecule has 4 aromatic rings. The molecule has 12 heteroatoms. The van der Waals surface area contributed by atoms with E-state index < -0.39 is 17.4 Å². The highest BCUT2D eigenvalue weighted by Gasteiger charge is 2.22. The molecule has 3 N–H and O–H groups in total. The molecular weight excluding hydrogens is 430 g/mol. The van der Waals surface area contributed by atoms with Gasteiger partial charge in [-0.25, -0.2) is 4.79 Å². The lowest BCUT2D eigenvalue weighted by Gasteiger charge is -2.15. The van der Waals surface area contributed by atoms with Crippen molar-refractivity contribution in [2.24, 2.45) is 24.3 Å². The van der Waals surface area contributed by atoms with Crippen LogP contribution >= 0.6 is 0 Å². The van der Waals surface area contributed by atoms with Crippen LogP contribution in [0.15, 0.2) is 44.1 Å². The minimum atomic E-state index is -0.970. The van der Waals surface area contributed by atoms with E-state index in [0.29, 0.717) is 10.9 Å². The van der Waals surface area contributed by atoms with Gasteiger partial charge in [-0.15, -0.1) is 10.2 Å². The van der Waals surface area contributed by atoms with Gasteiger partial charge in [-0.1, -0.05) is 18.2 Å². The van der Waals surface area contributed by atoms with Gasteiger partial charge >= 0.3 is 5.69 Å². The third-order valence-electron chi connectivity index (χ3n) is 5.24. The molecule has 0 fully saturated rings. The van der Waals surface area contributed by atoms with Gasteiger partial charge in [-0.3, -0.25) is 18.5 Å². The van der Waals surface area contributed by atoms with Gasteiger partial charge in [0.2, 0.25) is 5.88 Å². The van der Waals surface area contributed by atoms with Gasteiger partial charge in [0.15, 0.2) is 16.9 Å². The van der Waals surface area contributed by atoms with E-state index in [9.17, 15) is 19.8 Å². The van der Waals surface area contributed by atoms with E-state index in [1.165, 1.54) is 23.2 Å². The summed E-state index contributed by atoms with van der Waals surface area (Å²) in [7, 11) is 2.86. The molecule has 33 heavy (non-hydrogen) atoms. The number of hydrogen-bond acceptors (Lipinski definition) is 8. The number of para-hydroxylation sites is 1. The van der Waals surface area contributed by atoms with Crippen LogP contribution in [0.25, 0.3) is 22.1 Å². The summed E-state index contributed by atoms with van der Waals surface area (Å²) >= 11 is 0. The van der Waals surface area contributed by atoms with Crippen LogP contribution in [0.3, 0.4) is 0 Å². The van der Waals surface area contributed by atoms with Crippen LogP contribution < -0.4 is 11.2 Å². The first kappa shape index (κ1) is 22.4. The number of rotatable bonds is 7. The molecule has 0 radical (unpaired) electrons. The normalized spacial score (nSPS) is 13.2. The highest BCUT2D eigenvalue weighted by atomic mass is 16.5. The Labute approximate surface area is 187 Å². The van der Waals surface area contributed by atoms with Crippen molar-refractivity contribution in [3.8, 4) is 5.88 Å². The summed E-state index contributed by atoms with van der Waals surface area (Å²) in [5.41, 5.74) is -0.0327. The number of aliphatic hydroxyl groups is 1. The van der Waals surface area contributed by atoms with E-state index in [-0.39, 0.29) is 47.9 Å². The molecule has 0 saturated carbocycles. The smallest absolute Gasteiger partial charge is 0.332 e. The number of nitrogens with one attached hydrogen (secondary N) is 1. The van der Waals surface area contributed by atoms with E-state index in [1.54, 1.807) is 18.2 Å². The number of aromatic hydroxyl groups is 1. The number of azo groups is 1. The van der Waals surface area contributed by atoms with Crippen molar-refractivity contribution in [1.82, 2.24) is 23.7 Å². The molecule has 1 aromatic carbocycles. The first-order valence-corrected chi connectivity index (χ1v) is 10.4. The molecule has 0 unspecified atom stereocenters. The van der Waals surface area contributed by atoms with Gasteiger partial charge in [0.1, 0.15) is 0 Å². The zero-order valence-electron chi connectivity index (χ0n) is 18.7. The molecule has 0 aliphatic rings. The summed E-state index contributed by atoms with van der Waals surface area (Å²) in [6.07, 6.45) is -1.06. The number of aromatic amines is 1. The second kappa shape index (κ2) is 8.64. The molecule has 174 valence electrons. The number of ether oxygens (including phenoxy) is 1. The van der Waals surface area contributed by atoms with Crippen molar-refractivity contribution < 1.29 is 14.9 Å². The molecule has 4 rings (SSSR count). The van der Waals surface area contributed by atoms with E-state index in [2.05, 4.69) is 20.2 Å². The molecule has 0 aliphatic heterocycles. The minimum Gasteiger partial charge on any atom is -0.493 e. The molecule has 0 spiro atoms. The van der Waals surface area contributed by atoms with Crippen molar-refractivity contribution >= 4 is 33.7 Å². The number of aliphatic hydroxyl groups excluding tert-OH is 1. The summed E-state index contributed by atoms with van der Waals surface area (Å²) in [5, 5.41) is 29.7. The maximum absolute atomic E-state index is 12.9. The van der Waals surface area contributed by atoms with Crippen LogP contribution in [0.5, 0.6) is 5.88 Å². The van der Waals surface area contributed by atoms with Crippen LogP contribution in [0, 0.1) is 0 Å². The van der Waals surface area contributed by atoms with Gasteiger partial charge in [-0.05, 0) is 19.9 Å². The lowest BCUT2D eigenvalue weighted by molar-refractivity contribution is -0.000147. The first-order valence-electron chi connectivity index (χ1n) is 10.4. The fourth-order valence-corrected chi connectivity index (χ4v) is 3.56. The highest BCUT2D eigenvalue weighted by molar-refractivity contribution is 5.94.